The Balaban J connectivity index is 1.54. The average Bonchev–Trinajstić information content (AvgIpc) is 3.40. The van der Waals surface area contributed by atoms with Gasteiger partial charge in [-0.15, -0.1) is 0 Å². The van der Waals surface area contributed by atoms with Crippen molar-refractivity contribution in [3.8, 4) is 0 Å². The fourth-order valence-electron chi connectivity index (χ4n) is 7.64. The Morgan fingerprint density at radius 2 is 1.33 bits per heavy atom. The highest BCUT2D eigenvalue weighted by atomic mass is 14.6. The molecule has 0 aromatic heterocycles. The predicted molar refractivity (Wildman–Crippen MR) is 131 cm³/mol. The fraction of sp³-hybridized carbons (Fsp3) is 0.733. The van der Waals surface area contributed by atoms with Crippen molar-refractivity contribution in [3.05, 3.63) is 47.6 Å². The standard InChI is InChI=1S/C30H46/c1-4-5-6-7-8-9-14-23(2)30(3,28-21-19-24-15-10-12-17-26(24)28)29-22-20-25-16-11-13-18-27(25)29/h10-13,17-18,23-25,28-29H,4-9,14-16,19-22H2,1-3H3. The van der Waals surface area contributed by atoms with E-state index in [0.717, 1.165) is 29.6 Å². The first-order valence-electron chi connectivity index (χ1n) is 13.4. The molecular formula is C30H46. The summed E-state index contributed by atoms with van der Waals surface area (Å²) in [6, 6.07) is 0. The predicted octanol–water partition coefficient (Wildman–Crippen LogP) is 9.20. The topological polar surface area (TPSA) is 0 Å². The van der Waals surface area contributed by atoms with Gasteiger partial charge in [-0.25, -0.2) is 0 Å². The van der Waals surface area contributed by atoms with Gasteiger partial charge in [-0.3, -0.25) is 0 Å². The lowest BCUT2D eigenvalue weighted by molar-refractivity contribution is 0.0599. The molecule has 30 heavy (non-hydrogen) atoms. The van der Waals surface area contributed by atoms with Crippen molar-refractivity contribution in [1.82, 2.24) is 0 Å². The van der Waals surface area contributed by atoms with Crippen molar-refractivity contribution in [2.45, 2.75) is 104 Å². The Hall–Kier alpha value is -1.04. The summed E-state index contributed by atoms with van der Waals surface area (Å²) in [7, 11) is 0. The molecule has 5 atom stereocenters. The molecule has 4 aliphatic rings. The first-order chi connectivity index (χ1) is 14.7. The molecule has 0 aromatic rings. The van der Waals surface area contributed by atoms with Gasteiger partial charge in [0.2, 0.25) is 0 Å². The molecule has 0 heterocycles. The SMILES string of the molecule is CCCCCCCCC(C)C(C)(C1CCC2CC=CC=C21)C1CCC2CC=CC=C21. The zero-order valence-electron chi connectivity index (χ0n) is 20.0. The van der Waals surface area contributed by atoms with Crippen molar-refractivity contribution < 1.29 is 0 Å². The third kappa shape index (κ3) is 4.31. The van der Waals surface area contributed by atoms with Crippen molar-refractivity contribution in [2.75, 3.05) is 0 Å². The lowest BCUT2D eigenvalue weighted by atomic mass is 9.56. The van der Waals surface area contributed by atoms with E-state index < -0.39 is 0 Å². The van der Waals surface area contributed by atoms with Gasteiger partial charge in [-0.2, -0.15) is 0 Å². The van der Waals surface area contributed by atoms with E-state index in [4.69, 9.17) is 0 Å². The molecular weight excluding hydrogens is 360 g/mol. The Morgan fingerprint density at radius 1 is 0.800 bits per heavy atom. The zero-order chi connectivity index (χ0) is 21.0. The van der Waals surface area contributed by atoms with Gasteiger partial charge >= 0.3 is 0 Å². The Labute approximate surface area is 187 Å². The zero-order valence-corrected chi connectivity index (χ0v) is 20.0. The highest BCUT2D eigenvalue weighted by Crippen LogP contribution is 2.61. The van der Waals surface area contributed by atoms with E-state index in [9.17, 15) is 0 Å². The maximum atomic E-state index is 2.73. The third-order valence-corrected chi connectivity index (χ3v) is 9.60. The van der Waals surface area contributed by atoms with Crippen molar-refractivity contribution >= 4 is 0 Å². The molecule has 0 aliphatic heterocycles. The molecule has 0 N–H and O–H groups in total. The van der Waals surface area contributed by atoms with Crippen LogP contribution in [0.15, 0.2) is 47.6 Å². The number of unbranched alkanes of at least 4 members (excludes halogenated alkanes) is 5. The van der Waals surface area contributed by atoms with E-state index in [2.05, 4.69) is 57.2 Å². The Bertz CT molecular complexity index is 641. The minimum Gasteiger partial charge on any atom is -0.0839 e. The summed E-state index contributed by atoms with van der Waals surface area (Å²) in [5.74, 6) is 4.11. The number of hydrogen-bond acceptors (Lipinski definition) is 0. The molecule has 0 bridgehead atoms. The van der Waals surface area contributed by atoms with Gasteiger partial charge < -0.3 is 0 Å². The number of rotatable bonds is 10. The summed E-state index contributed by atoms with van der Waals surface area (Å²) in [5.41, 5.74) is 4.08. The van der Waals surface area contributed by atoms with Gasteiger partial charge in [0, 0.05) is 0 Å². The van der Waals surface area contributed by atoms with Crippen LogP contribution in [0.4, 0.5) is 0 Å². The summed E-state index contributed by atoms with van der Waals surface area (Å²) in [4.78, 5) is 0. The molecule has 4 aliphatic carbocycles. The molecule has 4 rings (SSSR count). The Kier molecular flexibility index (Phi) is 7.43. The smallest absolute Gasteiger partial charge is 0.0135 e. The van der Waals surface area contributed by atoms with Gasteiger partial charge in [-0.1, -0.05) is 113 Å². The molecule has 2 saturated carbocycles. The summed E-state index contributed by atoms with van der Waals surface area (Å²) in [5, 5.41) is 0. The second-order valence-corrected chi connectivity index (χ2v) is 11.1. The average molecular weight is 407 g/mol. The molecule has 0 amide bonds. The van der Waals surface area contributed by atoms with E-state index in [0.29, 0.717) is 5.41 Å². The van der Waals surface area contributed by atoms with E-state index >= 15 is 0 Å². The van der Waals surface area contributed by atoms with Crippen LogP contribution in [0, 0.1) is 35.0 Å². The molecule has 0 nitrogen and oxygen atoms in total. The van der Waals surface area contributed by atoms with Crippen LogP contribution in [0.3, 0.4) is 0 Å². The van der Waals surface area contributed by atoms with E-state index in [-0.39, 0.29) is 0 Å². The molecule has 0 heteroatoms. The second-order valence-electron chi connectivity index (χ2n) is 11.1. The van der Waals surface area contributed by atoms with Gasteiger partial charge in [0.15, 0.2) is 0 Å². The van der Waals surface area contributed by atoms with Crippen molar-refractivity contribution in [3.63, 3.8) is 0 Å². The first-order valence-corrected chi connectivity index (χ1v) is 13.4. The van der Waals surface area contributed by atoms with Crippen LogP contribution in [0.2, 0.25) is 0 Å². The number of fused-ring (bicyclic) bond motifs is 2. The van der Waals surface area contributed by atoms with Gasteiger partial charge in [-0.05, 0) is 73.5 Å². The fourth-order valence-corrected chi connectivity index (χ4v) is 7.64. The highest BCUT2D eigenvalue weighted by molar-refractivity contribution is 5.33. The van der Waals surface area contributed by atoms with Crippen LogP contribution in [-0.4, -0.2) is 0 Å². The molecule has 0 aromatic carbocycles. The lowest BCUT2D eigenvalue weighted by Crippen LogP contribution is -2.41. The molecule has 2 fully saturated rings. The molecule has 166 valence electrons. The monoisotopic (exact) mass is 406 g/mol. The third-order valence-electron chi connectivity index (χ3n) is 9.60. The summed E-state index contributed by atoms with van der Waals surface area (Å²) < 4.78 is 0. The van der Waals surface area contributed by atoms with Crippen LogP contribution in [0.25, 0.3) is 0 Å². The minimum atomic E-state index is 0.431. The first kappa shape index (κ1) is 22.2. The van der Waals surface area contributed by atoms with Gasteiger partial charge in [0.25, 0.3) is 0 Å². The van der Waals surface area contributed by atoms with Crippen molar-refractivity contribution in [1.29, 1.82) is 0 Å². The summed E-state index contributed by atoms with van der Waals surface area (Å²) in [6.07, 6.45) is 32.9. The molecule has 5 unspecified atom stereocenters. The van der Waals surface area contributed by atoms with Crippen LogP contribution in [0.5, 0.6) is 0 Å². The maximum Gasteiger partial charge on any atom is -0.0135 e. The van der Waals surface area contributed by atoms with Gasteiger partial charge in [0.05, 0.1) is 0 Å². The molecule has 0 radical (unpaired) electrons. The van der Waals surface area contributed by atoms with Crippen LogP contribution in [0.1, 0.15) is 104 Å². The van der Waals surface area contributed by atoms with Gasteiger partial charge in [0.1, 0.15) is 0 Å². The maximum absolute atomic E-state index is 2.73. The van der Waals surface area contributed by atoms with Crippen molar-refractivity contribution in [2.24, 2.45) is 35.0 Å². The number of allylic oxidation sites excluding steroid dienone is 8. The number of hydrogen-bond donors (Lipinski definition) is 0. The summed E-state index contributed by atoms with van der Waals surface area (Å²) >= 11 is 0. The van der Waals surface area contributed by atoms with E-state index in [1.165, 1.54) is 83.5 Å². The Morgan fingerprint density at radius 3 is 1.90 bits per heavy atom. The normalized spacial score (nSPS) is 32.9. The lowest BCUT2D eigenvalue weighted by Gasteiger charge is -2.48. The summed E-state index contributed by atoms with van der Waals surface area (Å²) in [6.45, 7) is 7.68. The largest absolute Gasteiger partial charge is 0.0839 e. The van der Waals surface area contributed by atoms with E-state index in [1.807, 2.05) is 11.1 Å². The quantitative estimate of drug-likeness (QED) is 0.317. The highest BCUT2D eigenvalue weighted by Gasteiger charge is 2.52. The molecule has 0 spiro atoms. The minimum absolute atomic E-state index is 0.431. The second kappa shape index (κ2) is 10.1. The van der Waals surface area contributed by atoms with Crippen LogP contribution in [-0.2, 0) is 0 Å². The molecule has 0 saturated heterocycles. The van der Waals surface area contributed by atoms with Crippen LogP contribution < -0.4 is 0 Å². The van der Waals surface area contributed by atoms with E-state index in [1.54, 1.807) is 0 Å². The van der Waals surface area contributed by atoms with Crippen LogP contribution >= 0.6 is 0 Å².